The largest absolute Gasteiger partial charge is 0.323 e. The molecule has 1 aliphatic rings. The molecule has 0 aliphatic carbocycles. The third kappa shape index (κ3) is 2.14. The number of thiophene rings is 1. The Balaban J connectivity index is 2.34. The fraction of sp³-hybridized carbons (Fsp3) is 0.538. The van der Waals surface area contributed by atoms with Crippen LogP contribution in [0.5, 0.6) is 0 Å². The van der Waals surface area contributed by atoms with Gasteiger partial charge in [-0.05, 0) is 24.5 Å². The van der Waals surface area contributed by atoms with Crippen molar-refractivity contribution in [3.05, 3.63) is 21.9 Å². The van der Waals surface area contributed by atoms with Crippen LogP contribution in [0, 0.1) is 5.41 Å². The SMILES string of the molecule is CCN1C(=O)NC(=N)C1c1ccc(C(C)(C)C)s1. The molecule has 1 saturated heterocycles. The summed E-state index contributed by atoms with van der Waals surface area (Å²) in [5.41, 5.74) is 0.109. The van der Waals surface area contributed by atoms with Gasteiger partial charge >= 0.3 is 6.03 Å². The van der Waals surface area contributed by atoms with Crippen LogP contribution < -0.4 is 5.32 Å². The second-order valence-corrected chi connectivity index (χ2v) is 6.60. The van der Waals surface area contributed by atoms with Crippen molar-refractivity contribution in [3.8, 4) is 0 Å². The summed E-state index contributed by atoms with van der Waals surface area (Å²) in [6.45, 7) is 9.06. The lowest BCUT2D eigenvalue weighted by Gasteiger charge is -2.20. The molecule has 4 nitrogen and oxygen atoms in total. The van der Waals surface area contributed by atoms with Crippen molar-refractivity contribution in [2.24, 2.45) is 0 Å². The second-order valence-electron chi connectivity index (χ2n) is 5.48. The van der Waals surface area contributed by atoms with Crippen LogP contribution in [0.1, 0.15) is 43.5 Å². The number of carbonyl (C=O) groups excluding carboxylic acids is 1. The third-order valence-electron chi connectivity index (χ3n) is 3.06. The number of amides is 2. The van der Waals surface area contributed by atoms with Gasteiger partial charge in [-0.1, -0.05) is 20.8 Å². The Morgan fingerprint density at radius 3 is 2.61 bits per heavy atom. The van der Waals surface area contributed by atoms with Crippen molar-refractivity contribution in [2.45, 2.75) is 39.2 Å². The van der Waals surface area contributed by atoms with E-state index in [2.05, 4.69) is 32.2 Å². The van der Waals surface area contributed by atoms with Crippen LogP contribution in [0.2, 0.25) is 0 Å². The summed E-state index contributed by atoms with van der Waals surface area (Å²) < 4.78 is 0. The topological polar surface area (TPSA) is 56.2 Å². The molecule has 0 saturated carbocycles. The number of rotatable bonds is 2. The smallest absolute Gasteiger partial charge is 0.310 e. The molecular formula is C13H19N3OS. The van der Waals surface area contributed by atoms with Gasteiger partial charge in [-0.2, -0.15) is 0 Å². The summed E-state index contributed by atoms with van der Waals surface area (Å²) in [6.07, 6.45) is 0. The standard InChI is InChI=1S/C13H19N3OS/c1-5-16-10(11(14)15-12(16)17)8-6-7-9(18-8)13(2,3)4/h6-7,10H,5H2,1-4H3,(H2,14,15,17). The Kier molecular flexibility index (Phi) is 3.19. The van der Waals surface area contributed by atoms with Gasteiger partial charge in [-0.25, -0.2) is 4.79 Å². The lowest BCUT2D eigenvalue weighted by Crippen LogP contribution is -2.29. The van der Waals surface area contributed by atoms with Crippen LogP contribution in [0.3, 0.4) is 0 Å². The number of nitrogens with zero attached hydrogens (tertiary/aromatic N) is 1. The fourth-order valence-corrected chi connectivity index (χ4v) is 3.24. The van der Waals surface area contributed by atoms with Crippen molar-refractivity contribution in [1.82, 2.24) is 10.2 Å². The van der Waals surface area contributed by atoms with Gasteiger partial charge in [0.15, 0.2) is 0 Å². The minimum atomic E-state index is -0.233. The number of nitrogens with one attached hydrogen (secondary N) is 2. The first-order chi connectivity index (χ1) is 8.34. The molecule has 1 aromatic heterocycles. The summed E-state index contributed by atoms with van der Waals surface area (Å²) >= 11 is 1.69. The van der Waals surface area contributed by atoms with Crippen molar-refractivity contribution < 1.29 is 4.79 Å². The number of carbonyl (C=O) groups is 1. The molecule has 1 aliphatic heterocycles. The van der Waals surface area contributed by atoms with Crippen LogP contribution in [0.25, 0.3) is 0 Å². The zero-order chi connectivity index (χ0) is 13.5. The van der Waals surface area contributed by atoms with E-state index < -0.39 is 0 Å². The molecule has 2 rings (SSSR count). The molecule has 1 unspecified atom stereocenters. The highest BCUT2D eigenvalue weighted by molar-refractivity contribution is 7.12. The average molecular weight is 265 g/mol. The summed E-state index contributed by atoms with van der Waals surface area (Å²) in [5.74, 6) is 0.282. The third-order valence-corrected chi connectivity index (χ3v) is 4.63. The normalized spacial score (nSPS) is 20.4. The molecule has 0 bridgehead atoms. The van der Waals surface area contributed by atoms with E-state index in [9.17, 15) is 4.79 Å². The predicted octanol–water partition coefficient (Wildman–Crippen LogP) is 3.11. The van der Waals surface area contributed by atoms with E-state index in [-0.39, 0.29) is 23.3 Å². The summed E-state index contributed by atoms with van der Waals surface area (Å²) in [7, 11) is 0. The molecule has 98 valence electrons. The number of amidine groups is 1. The van der Waals surface area contributed by atoms with Gasteiger partial charge in [-0.3, -0.25) is 10.7 Å². The summed E-state index contributed by atoms with van der Waals surface area (Å²) in [5, 5.41) is 10.5. The van der Waals surface area contributed by atoms with E-state index in [4.69, 9.17) is 5.41 Å². The fourth-order valence-electron chi connectivity index (χ4n) is 2.05. The number of hydrogen-bond acceptors (Lipinski definition) is 3. The Bertz CT molecular complexity index is 487. The molecule has 0 spiro atoms. The lowest BCUT2D eigenvalue weighted by atomic mass is 9.95. The van der Waals surface area contributed by atoms with E-state index in [1.165, 1.54) is 4.88 Å². The van der Waals surface area contributed by atoms with Crippen LogP contribution in [0.15, 0.2) is 12.1 Å². The molecule has 2 N–H and O–H groups in total. The van der Waals surface area contributed by atoms with Gasteiger partial charge in [0.1, 0.15) is 11.9 Å². The van der Waals surface area contributed by atoms with Crippen LogP contribution in [0.4, 0.5) is 4.79 Å². The molecule has 5 heteroatoms. The Labute approximate surface area is 112 Å². The summed E-state index contributed by atoms with van der Waals surface area (Å²) in [4.78, 5) is 15.7. The predicted molar refractivity (Wildman–Crippen MR) is 74.4 cm³/mol. The average Bonchev–Trinajstić information content (AvgIpc) is 2.81. The maximum atomic E-state index is 11.7. The van der Waals surface area contributed by atoms with E-state index in [1.54, 1.807) is 16.2 Å². The quantitative estimate of drug-likeness (QED) is 0.848. The highest BCUT2D eigenvalue weighted by atomic mass is 32.1. The molecule has 1 aromatic rings. The number of hydrogen-bond donors (Lipinski definition) is 2. The zero-order valence-corrected chi connectivity index (χ0v) is 12.0. The maximum absolute atomic E-state index is 11.7. The van der Waals surface area contributed by atoms with Gasteiger partial charge in [0, 0.05) is 16.3 Å². The molecular weight excluding hydrogens is 246 g/mol. The van der Waals surface area contributed by atoms with Gasteiger partial charge in [0.05, 0.1) is 0 Å². The highest BCUT2D eigenvalue weighted by Crippen LogP contribution is 2.36. The molecule has 2 heterocycles. The van der Waals surface area contributed by atoms with Crippen molar-refractivity contribution >= 4 is 23.2 Å². The minimum absolute atomic E-state index is 0.109. The molecule has 1 atom stereocenters. The Morgan fingerprint density at radius 2 is 2.11 bits per heavy atom. The van der Waals surface area contributed by atoms with Gasteiger partial charge in [0.2, 0.25) is 0 Å². The summed E-state index contributed by atoms with van der Waals surface area (Å²) in [6, 6.07) is 3.74. The highest BCUT2D eigenvalue weighted by Gasteiger charge is 2.36. The minimum Gasteiger partial charge on any atom is -0.310 e. The van der Waals surface area contributed by atoms with E-state index in [0.717, 1.165) is 4.88 Å². The van der Waals surface area contributed by atoms with Crippen LogP contribution in [-0.4, -0.2) is 23.3 Å². The molecule has 2 amide bonds. The van der Waals surface area contributed by atoms with Gasteiger partial charge < -0.3 is 4.90 Å². The molecule has 1 fully saturated rings. The van der Waals surface area contributed by atoms with Gasteiger partial charge in [0.25, 0.3) is 0 Å². The second kappa shape index (κ2) is 4.39. The Morgan fingerprint density at radius 1 is 1.44 bits per heavy atom. The molecule has 0 aromatic carbocycles. The lowest BCUT2D eigenvalue weighted by molar-refractivity contribution is 0.209. The van der Waals surface area contributed by atoms with Crippen molar-refractivity contribution in [2.75, 3.05) is 6.54 Å². The maximum Gasteiger partial charge on any atom is 0.323 e. The first kappa shape index (κ1) is 13.1. The monoisotopic (exact) mass is 265 g/mol. The Hall–Kier alpha value is -1.36. The first-order valence-electron chi connectivity index (χ1n) is 6.11. The van der Waals surface area contributed by atoms with Crippen LogP contribution >= 0.6 is 11.3 Å². The molecule has 0 radical (unpaired) electrons. The zero-order valence-electron chi connectivity index (χ0n) is 11.2. The first-order valence-corrected chi connectivity index (χ1v) is 6.92. The van der Waals surface area contributed by atoms with Crippen molar-refractivity contribution in [1.29, 1.82) is 5.41 Å². The van der Waals surface area contributed by atoms with Gasteiger partial charge in [-0.15, -0.1) is 11.3 Å². The van der Waals surface area contributed by atoms with E-state index >= 15 is 0 Å². The number of urea groups is 1. The van der Waals surface area contributed by atoms with Crippen molar-refractivity contribution in [3.63, 3.8) is 0 Å². The van der Waals surface area contributed by atoms with Crippen LogP contribution in [-0.2, 0) is 5.41 Å². The number of likely N-dealkylation sites (N-methyl/N-ethyl adjacent to an activating group) is 1. The molecule has 18 heavy (non-hydrogen) atoms. The van der Waals surface area contributed by atoms with E-state index in [0.29, 0.717) is 6.54 Å². The van der Waals surface area contributed by atoms with E-state index in [1.807, 2.05) is 13.0 Å².